The smallest absolute Gasteiger partial charge is 0.408 e. The second-order valence-corrected chi connectivity index (χ2v) is 30.0. The molecule has 1 unspecified atom stereocenters. The normalized spacial score (nSPS) is 13.8. The molecule has 4 aromatic rings. The van der Waals surface area contributed by atoms with E-state index in [1.54, 1.807) is 103 Å². The molecule has 25 nitrogen and oxygen atoms in total. The molecule has 0 aliphatic rings. The Balaban J connectivity index is 1.61. The first-order valence-electron chi connectivity index (χ1n) is 34.7. The Morgan fingerprint density at radius 3 is 1.47 bits per heavy atom. The third kappa shape index (κ3) is 29.2. The van der Waals surface area contributed by atoms with Gasteiger partial charge in [0.1, 0.15) is 61.0 Å². The summed E-state index contributed by atoms with van der Waals surface area (Å²) in [6, 6.07) is 25.3. The van der Waals surface area contributed by atoms with Gasteiger partial charge in [-0.1, -0.05) is 197 Å². The summed E-state index contributed by atoms with van der Waals surface area (Å²) in [6.45, 7) is 17.4. The zero-order chi connectivity index (χ0) is 76.5. The number of methoxy groups -OCH3 is 1. The van der Waals surface area contributed by atoms with E-state index in [-0.39, 0.29) is 86.8 Å². The number of benzene rings is 4. The quantitative estimate of drug-likeness (QED) is 0.0127. The molecule has 0 bridgehead atoms. The summed E-state index contributed by atoms with van der Waals surface area (Å²) in [4.78, 5) is 175. The zero-order valence-electron chi connectivity index (χ0n) is 62.1. The second-order valence-electron chi connectivity index (χ2n) is 26.9. The third-order valence-corrected chi connectivity index (χ3v) is 20.4. The largest absolute Gasteiger partial charge is 0.467 e. The molecule has 0 fully saturated rings. The molecule has 6 N–H and O–H groups in total. The lowest BCUT2D eigenvalue weighted by Crippen LogP contribution is -2.60. The van der Waals surface area contributed by atoms with E-state index in [4.69, 9.17) is 9.47 Å². The average molecular weight is 1460 g/mol. The van der Waals surface area contributed by atoms with E-state index in [9.17, 15) is 47.9 Å². The monoisotopic (exact) mass is 1460 g/mol. The Labute approximate surface area is 615 Å². The van der Waals surface area contributed by atoms with Crippen molar-refractivity contribution in [2.75, 3.05) is 67.8 Å². The SMILES string of the molecule is C=CCOC(=O)N[C@@H](CSSC(C)(C)C)C(=O)NCCCC[C@H](NC(=O)[C@H](Cc1ccccc1)N(C)C(=O)CC)C(=O)N(C)C(CC(C)C)C(=O)N[C@@H](Cc1ccccc1)C(=O)N(C)CC(=O)N(C)[C@@H](Cc1ccccc1)C(=O)N[C@@H](C)C(=O)N(C)[C@@H](C)C(=O)N[C@@H](Cc1ccccc1)C(=O)OC. The Bertz CT molecular complexity index is 3440. The molecule has 562 valence electrons. The van der Waals surface area contributed by atoms with Gasteiger partial charge < -0.3 is 65.9 Å². The number of alkyl carbamates (subject to hydrolysis) is 1. The molecule has 27 heteroatoms. The van der Waals surface area contributed by atoms with Gasteiger partial charge in [-0.15, -0.1) is 0 Å². The number of carbonyl (C=O) groups is 12. The van der Waals surface area contributed by atoms with Crippen LogP contribution in [0.1, 0.15) is 110 Å². The van der Waals surface area contributed by atoms with Crippen LogP contribution in [-0.4, -0.2) is 223 Å². The van der Waals surface area contributed by atoms with E-state index in [1.807, 2.05) is 71.0 Å². The number of unbranched alkanes of at least 4 members (excludes halogenated alkanes) is 1. The maximum absolute atomic E-state index is 15.3. The lowest BCUT2D eigenvalue weighted by atomic mass is 9.98. The molecule has 0 spiro atoms. The van der Waals surface area contributed by atoms with E-state index >= 15 is 9.59 Å². The van der Waals surface area contributed by atoms with Crippen LogP contribution in [0.4, 0.5) is 4.79 Å². The number of likely N-dealkylation sites (N-methyl/N-ethyl adjacent to an activating group) is 5. The lowest BCUT2D eigenvalue weighted by Gasteiger charge is -2.35. The summed E-state index contributed by atoms with van der Waals surface area (Å²) in [6.07, 6.45) is 1.53. The summed E-state index contributed by atoms with van der Waals surface area (Å²) in [5.74, 6) is -6.87. The highest BCUT2D eigenvalue weighted by molar-refractivity contribution is 8.77. The van der Waals surface area contributed by atoms with Crippen molar-refractivity contribution in [2.45, 2.75) is 172 Å². The fourth-order valence-electron chi connectivity index (χ4n) is 11.0. The first-order chi connectivity index (χ1) is 48.8. The third-order valence-electron chi connectivity index (χ3n) is 17.1. The van der Waals surface area contributed by atoms with E-state index in [2.05, 4.69) is 38.5 Å². The molecule has 0 aromatic heterocycles. The number of ether oxygens (including phenoxy) is 2. The molecule has 0 saturated heterocycles. The molecule has 0 radical (unpaired) electrons. The number of amides is 11. The molecule has 103 heavy (non-hydrogen) atoms. The lowest BCUT2D eigenvalue weighted by molar-refractivity contribution is -0.147. The van der Waals surface area contributed by atoms with Gasteiger partial charge in [0.25, 0.3) is 0 Å². The Kier molecular flexibility index (Phi) is 36.5. The molecule has 4 rings (SSSR count). The summed E-state index contributed by atoms with van der Waals surface area (Å²) >= 11 is 0. The van der Waals surface area contributed by atoms with Gasteiger partial charge in [-0.25, -0.2) is 9.59 Å². The molecule has 0 saturated carbocycles. The van der Waals surface area contributed by atoms with E-state index in [0.717, 1.165) is 20.9 Å². The van der Waals surface area contributed by atoms with Crippen molar-refractivity contribution in [3.05, 3.63) is 156 Å². The highest BCUT2D eigenvalue weighted by atomic mass is 33.1. The van der Waals surface area contributed by atoms with Crippen LogP contribution in [0.25, 0.3) is 0 Å². The number of nitrogens with one attached hydrogen (secondary N) is 6. The first-order valence-corrected chi connectivity index (χ1v) is 37.0. The highest BCUT2D eigenvalue weighted by Gasteiger charge is 2.39. The molecular formula is C76H107N11O14S2. The van der Waals surface area contributed by atoms with Crippen LogP contribution >= 0.6 is 21.6 Å². The minimum atomic E-state index is -1.33. The number of hydrogen-bond donors (Lipinski definition) is 6. The van der Waals surface area contributed by atoms with Gasteiger partial charge in [0, 0.05) is 84.4 Å². The Hall–Kier alpha value is -9.24. The standard InChI is InChI=1S/C76H107N11O14S2/c1-16-42-101-75(99)82-60(49-102-103-76(7,8)9)67(91)77-41-31-30-40-57(79-70(94)63(85(12)64(88)17-2)47-56-38-28-21-29-39-56)73(97)87(14)61(43-50(3)4)69(93)80-58(44-53-32-22-18-23-33-53)72(96)83(10)48-65(89)86(13)62(46-55-36-26-20-27-37-55)68(92)78-51(5)71(95)84(11)52(6)66(90)81-59(74(98)100-15)45-54-34-24-19-25-35-54/h16,18-29,32-39,50-52,57-63H,1,17,30-31,40-49H2,2-15H3,(H,77,91)(H,78,92)(H,79,94)(H,80,93)(H,81,90)(H,82,99)/t51-,52-,57-,58-,59-,60-,61?,62-,63-/m0/s1. The zero-order valence-corrected chi connectivity index (χ0v) is 63.7. The van der Waals surface area contributed by atoms with Gasteiger partial charge in [-0.3, -0.25) is 47.9 Å². The van der Waals surface area contributed by atoms with Gasteiger partial charge in [0.2, 0.25) is 59.1 Å². The van der Waals surface area contributed by atoms with E-state index in [0.29, 0.717) is 17.5 Å². The first kappa shape index (κ1) is 86.2. The predicted octanol–water partition coefficient (Wildman–Crippen LogP) is 6.08. The number of nitrogens with zero attached hydrogens (tertiary/aromatic N) is 5. The van der Waals surface area contributed by atoms with Gasteiger partial charge in [0.15, 0.2) is 0 Å². The second kappa shape index (κ2) is 43.7. The number of carbonyl (C=O) groups excluding carboxylic acids is 12. The predicted molar refractivity (Wildman–Crippen MR) is 400 cm³/mol. The van der Waals surface area contributed by atoms with Crippen LogP contribution in [0.15, 0.2) is 134 Å². The molecule has 0 heterocycles. The summed E-state index contributed by atoms with van der Waals surface area (Å²) < 4.78 is 9.93. The number of rotatable bonds is 41. The van der Waals surface area contributed by atoms with Crippen molar-refractivity contribution in [1.82, 2.24) is 56.4 Å². The summed E-state index contributed by atoms with van der Waals surface area (Å²) in [7, 11) is 11.3. The minimum absolute atomic E-state index is 0.0133. The van der Waals surface area contributed by atoms with Gasteiger partial charge >= 0.3 is 12.1 Å². The molecule has 4 aromatic carbocycles. The number of hydrogen-bond acceptors (Lipinski definition) is 16. The maximum Gasteiger partial charge on any atom is 0.408 e. The van der Waals surface area contributed by atoms with Crippen LogP contribution in [0.2, 0.25) is 0 Å². The van der Waals surface area contributed by atoms with E-state index in [1.165, 1.54) is 87.8 Å². The molecule has 0 aliphatic carbocycles. The van der Waals surface area contributed by atoms with Gasteiger partial charge in [-0.05, 0) is 67.7 Å². The van der Waals surface area contributed by atoms with Crippen LogP contribution in [0.5, 0.6) is 0 Å². The van der Waals surface area contributed by atoms with E-state index < -0.39 is 126 Å². The van der Waals surface area contributed by atoms with Gasteiger partial charge in [-0.2, -0.15) is 0 Å². The maximum atomic E-state index is 15.3. The fraction of sp³-hybridized carbons (Fsp3) is 0.500. The molecule has 9 atom stereocenters. The van der Waals surface area contributed by atoms with Gasteiger partial charge in [0.05, 0.1) is 13.7 Å². The van der Waals surface area contributed by atoms with Crippen LogP contribution < -0.4 is 31.9 Å². The topological polar surface area (TPSA) is 312 Å². The van der Waals surface area contributed by atoms with Crippen molar-refractivity contribution in [3.8, 4) is 0 Å². The highest BCUT2D eigenvalue weighted by Crippen LogP contribution is 2.35. The van der Waals surface area contributed by atoms with Crippen molar-refractivity contribution >= 4 is 92.7 Å². The minimum Gasteiger partial charge on any atom is -0.467 e. The molecular weight excluding hydrogens is 1360 g/mol. The van der Waals surface area contributed by atoms with Crippen LogP contribution in [-0.2, 0) is 87.9 Å². The van der Waals surface area contributed by atoms with Crippen molar-refractivity contribution in [2.24, 2.45) is 5.92 Å². The molecule has 11 amide bonds. The van der Waals surface area contributed by atoms with Crippen LogP contribution in [0, 0.1) is 5.92 Å². The summed E-state index contributed by atoms with van der Waals surface area (Å²) in [5.41, 5.74) is 2.83. The fourth-order valence-corrected chi connectivity index (χ4v) is 13.4. The average Bonchev–Trinajstić information content (AvgIpc) is 0.833. The van der Waals surface area contributed by atoms with Crippen molar-refractivity contribution in [3.63, 3.8) is 0 Å². The van der Waals surface area contributed by atoms with Crippen molar-refractivity contribution < 1.29 is 67.0 Å². The number of esters is 1. The van der Waals surface area contributed by atoms with Crippen molar-refractivity contribution in [1.29, 1.82) is 0 Å². The Morgan fingerprint density at radius 1 is 0.515 bits per heavy atom. The Morgan fingerprint density at radius 2 is 0.981 bits per heavy atom. The summed E-state index contributed by atoms with van der Waals surface area (Å²) in [5, 5.41) is 16.8. The molecule has 0 aliphatic heterocycles. The van der Waals surface area contributed by atoms with Crippen LogP contribution in [0.3, 0.4) is 0 Å².